The van der Waals surface area contributed by atoms with Crippen molar-refractivity contribution in [1.29, 1.82) is 0 Å². The second-order valence-corrected chi connectivity index (χ2v) is 7.11. The summed E-state index contributed by atoms with van der Waals surface area (Å²) in [4.78, 5) is 38.0. The van der Waals surface area contributed by atoms with E-state index in [1.807, 2.05) is 0 Å². The van der Waals surface area contributed by atoms with Crippen LogP contribution in [0.15, 0.2) is 18.2 Å². The monoisotopic (exact) mass is 363 g/mol. The van der Waals surface area contributed by atoms with Gasteiger partial charge in [0.15, 0.2) is 0 Å². The van der Waals surface area contributed by atoms with E-state index in [4.69, 9.17) is 10.5 Å². The van der Waals surface area contributed by atoms with Gasteiger partial charge in [0.25, 0.3) is 0 Å². The van der Waals surface area contributed by atoms with E-state index in [0.717, 1.165) is 0 Å². The molecule has 0 saturated carbocycles. The number of nitrogen functional groups attached to an aromatic ring is 1. The van der Waals surface area contributed by atoms with E-state index in [-0.39, 0.29) is 11.5 Å². The Morgan fingerprint density at radius 1 is 1.27 bits per heavy atom. The lowest BCUT2D eigenvalue weighted by molar-refractivity contribution is -0.120. The van der Waals surface area contributed by atoms with Crippen LogP contribution in [0.1, 0.15) is 44.0 Å². The average Bonchev–Trinajstić information content (AvgIpc) is 3.04. The molecule has 2 rings (SSSR count). The Hall–Kier alpha value is -2.77. The number of likely N-dealkylation sites (tertiary alicyclic amines) is 1. The first-order chi connectivity index (χ1) is 12.1. The van der Waals surface area contributed by atoms with Gasteiger partial charge >= 0.3 is 12.1 Å². The summed E-state index contributed by atoms with van der Waals surface area (Å²) < 4.78 is 10.0. The van der Waals surface area contributed by atoms with Crippen LogP contribution in [0.4, 0.5) is 16.2 Å². The zero-order valence-electron chi connectivity index (χ0n) is 15.5. The fourth-order valence-electron chi connectivity index (χ4n) is 2.70. The lowest BCUT2D eigenvalue weighted by atomic mass is 10.1. The largest absolute Gasteiger partial charge is 0.465 e. The van der Waals surface area contributed by atoms with Crippen LogP contribution in [-0.2, 0) is 14.3 Å². The second-order valence-electron chi connectivity index (χ2n) is 7.11. The lowest BCUT2D eigenvalue weighted by Gasteiger charge is -2.28. The third-order valence-electron chi connectivity index (χ3n) is 3.92. The van der Waals surface area contributed by atoms with Gasteiger partial charge in [-0.2, -0.15) is 0 Å². The maximum Gasteiger partial charge on any atom is 0.410 e. The van der Waals surface area contributed by atoms with E-state index < -0.39 is 23.7 Å². The van der Waals surface area contributed by atoms with Crippen LogP contribution in [0, 0.1) is 0 Å². The number of nitrogens with two attached hydrogens (primary N) is 1. The molecule has 1 saturated heterocycles. The van der Waals surface area contributed by atoms with E-state index in [2.05, 4.69) is 10.1 Å². The summed E-state index contributed by atoms with van der Waals surface area (Å²) in [6.07, 6.45) is 0.711. The molecule has 1 aliphatic heterocycles. The van der Waals surface area contributed by atoms with Gasteiger partial charge in [-0.1, -0.05) is 0 Å². The molecule has 8 heteroatoms. The van der Waals surface area contributed by atoms with Crippen molar-refractivity contribution >= 4 is 29.3 Å². The highest BCUT2D eigenvalue weighted by molar-refractivity contribution is 6.00. The van der Waals surface area contributed by atoms with Crippen molar-refractivity contribution in [2.24, 2.45) is 0 Å². The molecular weight excluding hydrogens is 338 g/mol. The minimum absolute atomic E-state index is 0.271. The normalized spacial score (nSPS) is 16.9. The number of nitrogens with zero attached hydrogens (tertiary/aromatic N) is 1. The predicted molar refractivity (Wildman–Crippen MR) is 96.8 cm³/mol. The highest BCUT2D eigenvalue weighted by Crippen LogP contribution is 2.25. The summed E-state index contributed by atoms with van der Waals surface area (Å²) in [6, 6.07) is 3.83. The Balaban J connectivity index is 2.14. The maximum atomic E-state index is 12.7. The number of hydrogen-bond acceptors (Lipinski definition) is 6. The van der Waals surface area contributed by atoms with Gasteiger partial charge in [0.2, 0.25) is 5.91 Å². The molecule has 1 unspecified atom stereocenters. The molecule has 0 bridgehead atoms. The van der Waals surface area contributed by atoms with Crippen LogP contribution in [0.5, 0.6) is 0 Å². The zero-order chi connectivity index (χ0) is 19.5. The molecule has 2 amide bonds. The Morgan fingerprint density at radius 2 is 1.96 bits per heavy atom. The third-order valence-corrected chi connectivity index (χ3v) is 3.92. The molecule has 1 atom stereocenters. The highest BCUT2D eigenvalue weighted by Gasteiger charge is 2.36. The predicted octanol–water partition coefficient (Wildman–Crippen LogP) is 2.39. The van der Waals surface area contributed by atoms with Crippen molar-refractivity contribution in [2.45, 2.75) is 45.3 Å². The molecule has 1 aromatic rings. The lowest BCUT2D eigenvalue weighted by Crippen LogP contribution is -2.45. The highest BCUT2D eigenvalue weighted by atomic mass is 16.6. The van der Waals surface area contributed by atoms with Crippen molar-refractivity contribution in [2.75, 3.05) is 24.7 Å². The van der Waals surface area contributed by atoms with Crippen LogP contribution in [0.2, 0.25) is 0 Å². The number of amides is 2. The summed E-state index contributed by atoms with van der Waals surface area (Å²) in [5.74, 6) is -0.904. The second kappa shape index (κ2) is 7.63. The van der Waals surface area contributed by atoms with Crippen molar-refractivity contribution < 1.29 is 23.9 Å². The average molecular weight is 363 g/mol. The summed E-state index contributed by atoms with van der Waals surface area (Å²) in [6.45, 7) is 5.77. The number of hydrogen-bond donors (Lipinski definition) is 2. The van der Waals surface area contributed by atoms with E-state index in [1.165, 1.54) is 30.2 Å². The molecule has 1 fully saturated rings. The molecule has 0 aliphatic carbocycles. The van der Waals surface area contributed by atoms with Gasteiger partial charge in [0.1, 0.15) is 11.6 Å². The fourth-order valence-corrected chi connectivity index (χ4v) is 2.70. The Labute approximate surface area is 152 Å². The minimum Gasteiger partial charge on any atom is -0.465 e. The van der Waals surface area contributed by atoms with E-state index >= 15 is 0 Å². The number of rotatable bonds is 3. The zero-order valence-corrected chi connectivity index (χ0v) is 15.5. The maximum absolute atomic E-state index is 12.7. The molecule has 142 valence electrons. The number of carbonyl (C=O) groups excluding carboxylic acids is 3. The number of carbonyl (C=O) groups is 3. The van der Waals surface area contributed by atoms with Gasteiger partial charge in [-0.25, -0.2) is 9.59 Å². The summed E-state index contributed by atoms with van der Waals surface area (Å²) in [5, 5.41) is 2.70. The molecule has 0 aromatic heterocycles. The third kappa shape index (κ3) is 4.65. The summed E-state index contributed by atoms with van der Waals surface area (Å²) >= 11 is 0. The minimum atomic E-state index is -0.647. The molecule has 26 heavy (non-hydrogen) atoms. The standard InChI is InChI=1S/C18H25N3O5/c1-18(2,3)26-17(24)21-9-5-6-14(21)15(22)20-13-10-11(16(23)25-4)7-8-12(13)19/h7-8,10,14H,5-6,9,19H2,1-4H3,(H,20,22). The van der Waals surface area contributed by atoms with Crippen molar-refractivity contribution in [3.63, 3.8) is 0 Å². The van der Waals surface area contributed by atoms with Crippen LogP contribution >= 0.6 is 0 Å². The SMILES string of the molecule is COC(=O)c1ccc(N)c(NC(=O)C2CCCN2C(=O)OC(C)(C)C)c1. The van der Waals surface area contributed by atoms with Crippen LogP contribution in [-0.4, -0.2) is 48.2 Å². The van der Waals surface area contributed by atoms with Crippen molar-refractivity contribution in [3.05, 3.63) is 23.8 Å². The summed E-state index contributed by atoms with van der Waals surface area (Å²) in [5.41, 5.74) is 6.13. The Bertz CT molecular complexity index is 711. The van der Waals surface area contributed by atoms with Crippen LogP contribution < -0.4 is 11.1 Å². The van der Waals surface area contributed by atoms with Gasteiger partial charge in [0, 0.05) is 6.54 Å². The van der Waals surface area contributed by atoms with Crippen LogP contribution in [0.25, 0.3) is 0 Å². The van der Waals surface area contributed by atoms with E-state index in [9.17, 15) is 14.4 Å². The van der Waals surface area contributed by atoms with Gasteiger partial charge < -0.3 is 20.5 Å². The van der Waals surface area contributed by atoms with Gasteiger partial charge in [-0.3, -0.25) is 9.69 Å². The van der Waals surface area contributed by atoms with E-state index in [0.29, 0.717) is 30.8 Å². The number of nitrogens with one attached hydrogen (secondary N) is 1. The number of benzene rings is 1. The Kier molecular flexibility index (Phi) is 5.74. The molecule has 1 heterocycles. The number of methoxy groups -OCH3 is 1. The number of ether oxygens (including phenoxy) is 2. The first-order valence-electron chi connectivity index (χ1n) is 8.40. The molecule has 0 spiro atoms. The van der Waals surface area contributed by atoms with Gasteiger partial charge in [-0.05, 0) is 51.8 Å². The molecule has 1 aliphatic rings. The van der Waals surface area contributed by atoms with Crippen LogP contribution in [0.3, 0.4) is 0 Å². The molecule has 3 N–H and O–H groups in total. The first-order valence-corrected chi connectivity index (χ1v) is 8.40. The quantitative estimate of drug-likeness (QED) is 0.630. The number of anilines is 2. The van der Waals surface area contributed by atoms with Crippen molar-refractivity contribution in [3.8, 4) is 0 Å². The molecule has 8 nitrogen and oxygen atoms in total. The number of esters is 1. The van der Waals surface area contributed by atoms with Gasteiger partial charge in [-0.15, -0.1) is 0 Å². The van der Waals surface area contributed by atoms with E-state index in [1.54, 1.807) is 20.8 Å². The molecule has 1 aromatic carbocycles. The summed E-state index contributed by atoms with van der Waals surface area (Å²) in [7, 11) is 1.27. The fraction of sp³-hybridized carbons (Fsp3) is 0.500. The van der Waals surface area contributed by atoms with Gasteiger partial charge in [0.05, 0.1) is 24.0 Å². The van der Waals surface area contributed by atoms with Crippen molar-refractivity contribution in [1.82, 2.24) is 4.90 Å². The molecule has 0 radical (unpaired) electrons. The smallest absolute Gasteiger partial charge is 0.410 e. The topological polar surface area (TPSA) is 111 Å². The molecular formula is C18H25N3O5. The first kappa shape index (κ1) is 19.6. The Morgan fingerprint density at radius 3 is 2.58 bits per heavy atom.